The molecule has 2 bridgehead atoms. The van der Waals surface area contributed by atoms with Gasteiger partial charge in [-0.1, -0.05) is 6.92 Å². The van der Waals surface area contributed by atoms with Gasteiger partial charge in [-0.2, -0.15) is 8.75 Å². The molecule has 3 nitrogen and oxygen atoms in total. The molecule has 0 amide bonds. The molecule has 2 aliphatic rings. The highest BCUT2D eigenvalue weighted by Crippen LogP contribution is 2.40. The molecular formula is C11H17N3S2. The SMILES string of the molecule is CCSc1nsnc1C1CN2CCC[C@H]1C2. The zero-order valence-corrected chi connectivity index (χ0v) is 11.2. The number of hydrogen-bond donors (Lipinski definition) is 0. The lowest BCUT2D eigenvalue weighted by atomic mass is 9.89. The van der Waals surface area contributed by atoms with Crippen LogP contribution in [-0.2, 0) is 0 Å². The van der Waals surface area contributed by atoms with Crippen molar-refractivity contribution >= 4 is 23.5 Å². The molecule has 0 N–H and O–H groups in total. The van der Waals surface area contributed by atoms with E-state index in [-0.39, 0.29) is 0 Å². The third-order valence-corrected chi connectivity index (χ3v) is 5.20. The Balaban J connectivity index is 1.83. The molecule has 3 rings (SSSR count). The van der Waals surface area contributed by atoms with E-state index in [1.807, 2.05) is 11.8 Å². The highest BCUT2D eigenvalue weighted by molar-refractivity contribution is 7.99. The lowest BCUT2D eigenvalue weighted by Crippen LogP contribution is -2.25. The second kappa shape index (κ2) is 4.63. The second-order valence-electron chi connectivity index (χ2n) is 4.66. The first kappa shape index (κ1) is 11.0. The fourth-order valence-electron chi connectivity index (χ4n) is 2.97. The summed E-state index contributed by atoms with van der Waals surface area (Å²) in [6, 6.07) is 0. The predicted octanol–water partition coefficient (Wildman–Crippen LogP) is 2.46. The number of hydrogen-bond acceptors (Lipinski definition) is 5. The summed E-state index contributed by atoms with van der Waals surface area (Å²) in [6.45, 7) is 5.98. The molecule has 0 saturated carbocycles. The van der Waals surface area contributed by atoms with Crippen LogP contribution in [-0.4, -0.2) is 39.0 Å². The monoisotopic (exact) mass is 255 g/mol. The van der Waals surface area contributed by atoms with Gasteiger partial charge >= 0.3 is 0 Å². The van der Waals surface area contributed by atoms with Crippen LogP contribution in [0.25, 0.3) is 0 Å². The third kappa shape index (κ3) is 1.89. The normalized spacial score (nSPS) is 33.2. The molecule has 0 aliphatic carbocycles. The molecule has 5 heteroatoms. The van der Waals surface area contributed by atoms with E-state index in [2.05, 4.69) is 20.6 Å². The number of aromatic nitrogens is 2. The molecule has 88 valence electrons. The van der Waals surface area contributed by atoms with E-state index in [4.69, 9.17) is 0 Å². The predicted molar refractivity (Wildman–Crippen MR) is 68.2 cm³/mol. The Morgan fingerprint density at radius 1 is 1.44 bits per heavy atom. The molecule has 2 fully saturated rings. The van der Waals surface area contributed by atoms with Crippen molar-refractivity contribution in [1.29, 1.82) is 0 Å². The average molecular weight is 255 g/mol. The summed E-state index contributed by atoms with van der Waals surface area (Å²) < 4.78 is 9.00. The van der Waals surface area contributed by atoms with Crippen molar-refractivity contribution in [2.24, 2.45) is 5.92 Å². The van der Waals surface area contributed by atoms with Gasteiger partial charge in [-0.25, -0.2) is 0 Å². The van der Waals surface area contributed by atoms with Crippen molar-refractivity contribution in [3.8, 4) is 0 Å². The minimum Gasteiger partial charge on any atom is -0.302 e. The fourth-order valence-corrected chi connectivity index (χ4v) is 4.48. The molecule has 0 aromatic carbocycles. The first-order valence-corrected chi connectivity index (χ1v) is 7.77. The summed E-state index contributed by atoms with van der Waals surface area (Å²) in [5, 5.41) is 1.20. The first-order valence-electron chi connectivity index (χ1n) is 6.06. The van der Waals surface area contributed by atoms with Crippen LogP contribution in [0.4, 0.5) is 0 Å². The minimum absolute atomic E-state index is 0.662. The Bertz CT molecular complexity index is 366. The summed E-state index contributed by atoms with van der Waals surface area (Å²) in [7, 11) is 0. The molecule has 0 spiro atoms. The summed E-state index contributed by atoms with van der Waals surface area (Å²) >= 11 is 3.24. The number of fused-ring (bicyclic) bond motifs is 2. The van der Waals surface area contributed by atoms with Crippen LogP contribution >= 0.6 is 23.5 Å². The molecule has 2 unspecified atom stereocenters. The van der Waals surface area contributed by atoms with Gasteiger partial charge in [0.25, 0.3) is 0 Å². The first-order chi connectivity index (χ1) is 7.88. The van der Waals surface area contributed by atoms with Gasteiger partial charge in [0.2, 0.25) is 0 Å². The molecule has 1 aromatic rings. The van der Waals surface area contributed by atoms with Gasteiger partial charge < -0.3 is 4.90 Å². The Hall–Kier alpha value is -0.130. The van der Waals surface area contributed by atoms with E-state index in [1.54, 1.807) is 0 Å². The summed E-state index contributed by atoms with van der Waals surface area (Å²) in [4.78, 5) is 2.60. The standard InChI is InChI=1S/C11H17N3S2/c1-2-15-11-10(12-16-13-11)9-7-14-5-3-4-8(9)6-14/h8-9H,2-7H2,1H3/t8-,9?/m0/s1. The zero-order valence-electron chi connectivity index (χ0n) is 9.56. The lowest BCUT2D eigenvalue weighted by Gasteiger charge is -2.21. The van der Waals surface area contributed by atoms with Crippen molar-refractivity contribution in [3.05, 3.63) is 5.69 Å². The molecule has 1 aromatic heterocycles. The van der Waals surface area contributed by atoms with Crippen molar-refractivity contribution in [3.63, 3.8) is 0 Å². The Labute approximate surface area is 105 Å². The van der Waals surface area contributed by atoms with Crippen LogP contribution < -0.4 is 0 Å². The topological polar surface area (TPSA) is 29.0 Å². The number of thioether (sulfide) groups is 1. The highest BCUT2D eigenvalue weighted by Gasteiger charge is 2.38. The molecule has 3 heterocycles. The van der Waals surface area contributed by atoms with E-state index >= 15 is 0 Å². The van der Waals surface area contributed by atoms with E-state index in [1.165, 1.54) is 54.9 Å². The molecule has 2 saturated heterocycles. The zero-order chi connectivity index (χ0) is 11.0. The van der Waals surface area contributed by atoms with Crippen molar-refractivity contribution in [2.45, 2.75) is 30.7 Å². The van der Waals surface area contributed by atoms with Crippen molar-refractivity contribution in [1.82, 2.24) is 13.6 Å². The van der Waals surface area contributed by atoms with Crippen molar-refractivity contribution < 1.29 is 0 Å². The number of rotatable bonds is 3. The molecule has 2 aliphatic heterocycles. The maximum Gasteiger partial charge on any atom is 0.134 e. The van der Waals surface area contributed by atoms with Crippen molar-refractivity contribution in [2.75, 3.05) is 25.4 Å². The van der Waals surface area contributed by atoms with Gasteiger partial charge in [0.05, 0.1) is 17.4 Å². The van der Waals surface area contributed by atoms with E-state index in [0.717, 1.165) is 11.7 Å². The second-order valence-corrected chi connectivity index (χ2v) is 6.44. The highest BCUT2D eigenvalue weighted by atomic mass is 32.2. The van der Waals surface area contributed by atoms with Gasteiger partial charge in [-0.15, -0.1) is 11.8 Å². The Morgan fingerprint density at radius 2 is 2.38 bits per heavy atom. The van der Waals surface area contributed by atoms with E-state index < -0.39 is 0 Å². The van der Waals surface area contributed by atoms with Gasteiger partial charge in [0.15, 0.2) is 0 Å². The third-order valence-electron chi connectivity index (χ3n) is 3.68. The van der Waals surface area contributed by atoms with Gasteiger partial charge in [0.1, 0.15) is 5.03 Å². The van der Waals surface area contributed by atoms with Crippen LogP contribution in [0.3, 0.4) is 0 Å². The Kier molecular flexibility index (Phi) is 3.18. The van der Waals surface area contributed by atoms with Gasteiger partial charge in [-0.05, 0) is 31.1 Å². The quantitative estimate of drug-likeness (QED) is 0.776. The summed E-state index contributed by atoms with van der Waals surface area (Å²) in [6.07, 6.45) is 2.75. The lowest BCUT2D eigenvalue weighted by molar-refractivity contribution is 0.269. The Morgan fingerprint density at radius 3 is 3.19 bits per heavy atom. The average Bonchev–Trinajstić information content (AvgIpc) is 2.85. The van der Waals surface area contributed by atoms with Crippen LogP contribution in [0, 0.1) is 5.92 Å². The van der Waals surface area contributed by atoms with Gasteiger partial charge in [0, 0.05) is 19.0 Å². The molecule has 16 heavy (non-hydrogen) atoms. The molecule has 0 radical (unpaired) electrons. The number of nitrogens with zero attached hydrogens (tertiary/aromatic N) is 3. The minimum atomic E-state index is 0.662. The van der Waals surface area contributed by atoms with Crippen LogP contribution in [0.15, 0.2) is 5.03 Å². The van der Waals surface area contributed by atoms with E-state index in [9.17, 15) is 0 Å². The summed E-state index contributed by atoms with van der Waals surface area (Å²) in [5.74, 6) is 2.60. The largest absolute Gasteiger partial charge is 0.302 e. The molecule has 3 atom stereocenters. The summed E-state index contributed by atoms with van der Waals surface area (Å²) in [5.41, 5.74) is 1.30. The van der Waals surface area contributed by atoms with Gasteiger partial charge in [-0.3, -0.25) is 0 Å². The van der Waals surface area contributed by atoms with Crippen LogP contribution in [0.5, 0.6) is 0 Å². The van der Waals surface area contributed by atoms with Crippen LogP contribution in [0.1, 0.15) is 31.4 Å². The maximum atomic E-state index is 4.56. The van der Waals surface area contributed by atoms with E-state index in [0.29, 0.717) is 5.92 Å². The smallest absolute Gasteiger partial charge is 0.134 e. The maximum absolute atomic E-state index is 4.56. The number of piperidine rings is 1. The van der Waals surface area contributed by atoms with Crippen LogP contribution in [0.2, 0.25) is 0 Å². The molecular weight excluding hydrogens is 238 g/mol. The fraction of sp³-hybridized carbons (Fsp3) is 0.818.